The summed E-state index contributed by atoms with van der Waals surface area (Å²) >= 11 is 0. The number of carbonyl (C=O) groups excluding carboxylic acids is 1. The van der Waals surface area contributed by atoms with Crippen LogP contribution < -0.4 is 15.4 Å². The molecule has 0 bridgehead atoms. The van der Waals surface area contributed by atoms with Crippen molar-refractivity contribution in [3.63, 3.8) is 0 Å². The first kappa shape index (κ1) is 18.2. The van der Waals surface area contributed by atoms with E-state index in [4.69, 9.17) is 4.74 Å². The van der Waals surface area contributed by atoms with Crippen LogP contribution in [0.5, 0.6) is 5.75 Å². The lowest BCUT2D eigenvalue weighted by atomic mass is 10.2. The predicted octanol–water partition coefficient (Wildman–Crippen LogP) is 0.961. The summed E-state index contributed by atoms with van der Waals surface area (Å²) in [6, 6.07) is 4.85. The van der Waals surface area contributed by atoms with Crippen molar-refractivity contribution in [1.82, 2.24) is 14.9 Å². The Labute approximate surface area is 148 Å². The molecule has 8 heteroatoms. The lowest BCUT2D eigenvalue weighted by molar-refractivity contribution is 0.0950. The normalized spacial score (nSPS) is 21.4. The van der Waals surface area contributed by atoms with Crippen LogP contribution in [0.15, 0.2) is 23.1 Å². The van der Waals surface area contributed by atoms with Crippen molar-refractivity contribution < 1.29 is 17.9 Å². The van der Waals surface area contributed by atoms with Crippen LogP contribution in [0.2, 0.25) is 0 Å². The number of methoxy groups -OCH3 is 1. The molecule has 2 fully saturated rings. The summed E-state index contributed by atoms with van der Waals surface area (Å²) in [5.41, 5.74) is 0.330. The van der Waals surface area contributed by atoms with Crippen LogP contribution in [0.25, 0.3) is 0 Å². The molecule has 1 atom stereocenters. The van der Waals surface area contributed by atoms with Gasteiger partial charge in [0.1, 0.15) is 10.6 Å². The van der Waals surface area contributed by atoms with E-state index in [1.54, 1.807) is 12.1 Å². The summed E-state index contributed by atoms with van der Waals surface area (Å²) in [5.74, 6) is -0.00451. The van der Waals surface area contributed by atoms with Crippen LogP contribution in [-0.4, -0.2) is 58.0 Å². The Morgan fingerprint density at radius 3 is 2.72 bits per heavy atom. The number of benzene rings is 1. The molecule has 25 heavy (non-hydrogen) atoms. The van der Waals surface area contributed by atoms with Crippen molar-refractivity contribution >= 4 is 15.9 Å². The lowest BCUT2D eigenvalue weighted by Crippen LogP contribution is -2.37. The first-order valence-corrected chi connectivity index (χ1v) is 10.2. The number of carbonyl (C=O) groups is 1. The van der Waals surface area contributed by atoms with Gasteiger partial charge < -0.3 is 15.4 Å². The second-order valence-corrected chi connectivity index (χ2v) is 8.39. The molecule has 1 aromatic carbocycles. The van der Waals surface area contributed by atoms with Crippen molar-refractivity contribution in [3.05, 3.63) is 23.8 Å². The first-order valence-electron chi connectivity index (χ1n) is 8.72. The van der Waals surface area contributed by atoms with Gasteiger partial charge >= 0.3 is 0 Å². The number of ether oxygens (including phenoxy) is 1. The molecule has 7 nitrogen and oxygen atoms in total. The molecule has 1 unspecified atom stereocenters. The highest BCUT2D eigenvalue weighted by atomic mass is 32.2. The van der Waals surface area contributed by atoms with E-state index in [1.165, 1.54) is 17.5 Å². The molecule has 0 radical (unpaired) electrons. The standard InChI is InChI=1S/C17H25N3O4S/c1-24-15-7-6-13(17(21)19-12-14-5-4-8-18-14)11-16(15)25(22,23)20-9-2-3-10-20/h6-7,11,14,18H,2-5,8-10,12H2,1H3,(H,19,21). The van der Waals surface area contributed by atoms with E-state index >= 15 is 0 Å². The number of hydrogen-bond acceptors (Lipinski definition) is 5. The Morgan fingerprint density at radius 2 is 2.08 bits per heavy atom. The Bertz CT molecular complexity index is 723. The molecule has 138 valence electrons. The minimum absolute atomic E-state index is 0.0588. The summed E-state index contributed by atoms with van der Waals surface area (Å²) < 4.78 is 32.4. The third kappa shape index (κ3) is 3.96. The van der Waals surface area contributed by atoms with E-state index in [2.05, 4.69) is 10.6 Å². The number of rotatable bonds is 6. The number of sulfonamides is 1. The third-order valence-corrected chi connectivity index (χ3v) is 6.70. The number of amides is 1. The molecule has 2 N–H and O–H groups in total. The molecule has 0 saturated carbocycles. The second kappa shape index (κ2) is 7.72. The maximum absolute atomic E-state index is 12.9. The van der Waals surface area contributed by atoms with E-state index in [9.17, 15) is 13.2 Å². The average Bonchev–Trinajstić information content (AvgIpc) is 3.32. The van der Waals surface area contributed by atoms with Gasteiger partial charge in [0, 0.05) is 31.2 Å². The second-order valence-electron chi connectivity index (χ2n) is 6.48. The van der Waals surface area contributed by atoms with Gasteiger partial charge in [0.15, 0.2) is 0 Å². The van der Waals surface area contributed by atoms with Crippen LogP contribution >= 0.6 is 0 Å². The SMILES string of the molecule is COc1ccc(C(=O)NCC2CCCN2)cc1S(=O)(=O)N1CCCC1. The Morgan fingerprint density at radius 1 is 1.32 bits per heavy atom. The van der Waals surface area contributed by atoms with E-state index in [0.717, 1.165) is 32.2 Å². The molecule has 0 aromatic heterocycles. The van der Waals surface area contributed by atoms with E-state index in [1.807, 2.05) is 0 Å². The van der Waals surface area contributed by atoms with Crippen LogP contribution in [0, 0.1) is 0 Å². The van der Waals surface area contributed by atoms with Gasteiger partial charge in [0.25, 0.3) is 5.91 Å². The summed E-state index contributed by atoms with van der Waals surface area (Å²) in [5, 5.41) is 6.19. The van der Waals surface area contributed by atoms with Crippen molar-refractivity contribution in [3.8, 4) is 5.75 Å². The fourth-order valence-corrected chi connectivity index (χ4v) is 5.03. The molecule has 2 aliphatic rings. The molecule has 0 spiro atoms. The van der Waals surface area contributed by atoms with Gasteiger partial charge in [-0.2, -0.15) is 4.31 Å². The first-order chi connectivity index (χ1) is 12.0. The molecule has 2 aliphatic heterocycles. The quantitative estimate of drug-likeness (QED) is 0.782. The highest BCUT2D eigenvalue weighted by Gasteiger charge is 2.30. The monoisotopic (exact) mass is 367 g/mol. The van der Waals surface area contributed by atoms with Crippen molar-refractivity contribution in [1.29, 1.82) is 0 Å². The van der Waals surface area contributed by atoms with Gasteiger partial charge in [-0.25, -0.2) is 8.42 Å². The Balaban J connectivity index is 1.80. The van der Waals surface area contributed by atoms with E-state index < -0.39 is 10.0 Å². The van der Waals surface area contributed by atoms with Gasteiger partial charge in [-0.1, -0.05) is 0 Å². The molecular formula is C17H25N3O4S. The largest absolute Gasteiger partial charge is 0.495 e. The zero-order chi connectivity index (χ0) is 17.9. The molecule has 1 amide bonds. The highest BCUT2D eigenvalue weighted by Crippen LogP contribution is 2.29. The summed E-state index contributed by atoms with van der Waals surface area (Å²) in [6.45, 7) is 2.53. The Kier molecular flexibility index (Phi) is 5.61. The maximum atomic E-state index is 12.9. The minimum atomic E-state index is -3.65. The number of nitrogens with one attached hydrogen (secondary N) is 2. The highest BCUT2D eigenvalue weighted by molar-refractivity contribution is 7.89. The summed E-state index contributed by atoms with van der Waals surface area (Å²) in [4.78, 5) is 12.5. The summed E-state index contributed by atoms with van der Waals surface area (Å²) in [7, 11) is -2.22. The molecule has 2 heterocycles. The van der Waals surface area contributed by atoms with Gasteiger partial charge in [0.05, 0.1) is 7.11 Å². The van der Waals surface area contributed by atoms with Crippen LogP contribution in [0.1, 0.15) is 36.0 Å². The zero-order valence-corrected chi connectivity index (χ0v) is 15.3. The zero-order valence-electron chi connectivity index (χ0n) is 14.5. The molecule has 1 aromatic rings. The van der Waals surface area contributed by atoms with Crippen molar-refractivity contribution in [2.45, 2.75) is 36.6 Å². The van der Waals surface area contributed by atoms with Crippen LogP contribution in [0.3, 0.4) is 0 Å². The molecular weight excluding hydrogens is 342 g/mol. The average molecular weight is 367 g/mol. The third-order valence-electron chi connectivity index (χ3n) is 4.78. The fourth-order valence-electron chi connectivity index (χ4n) is 3.34. The van der Waals surface area contributed by atoms with Crippen molar-refractivity contribution in [2.75, 3.05) is 33.3 Å². The van der Waals surface area contributed by atoms with Gasteiger partial charge in [-0.05, 0) is 50.4 Å². The maximum Gasteiger partial charge on any atom is 0.251 e. The predicted molar refractivity (Wildman–Crippen MR) is 94.3 cm³/mol. The van der Waals surface area contributed by atoms with E-state index in [0.29, 0.717) is 25.2 Å². The smallest absolute Gasteiger partial charge is 0.251 e. The number of hydrogen-bond donors (Lipinski definition) is 2. The molecule has 3 rings (SSSR count). The van der Waals surface area contributed by atoms with Gasteiger partial charge in [-0.15, -0.1) is 0 Å². The van der Waals surface area contributed by atoms with Gasteiger partial charge in [-0.3, -0.25) is 4.79 Å². The molecule has 2 saturated heterocycles. The lowest BCUT2D eigenvalue weighted by Gasteiger charge is -2.18. The topological polar surface area (TPSA) is 87.7 Å². The number of nitrogens with zero attached hydrogens (tertiary/aromatic N) is 1. The van der Waals surface area contributed by atoms with Gasteiger partial charge in [0.2, 0.25) is 10.0 Å². The van der Waals surface area contributed by atoms with Crippen molar-refractivity contribution in [2.24, 2.45) is 0 Å². The van der Waals surface area contributed by atoms with E-state index in [-0.39, 0.29) is 22.6 Å². The Hall–Kier alpha value is -1.64. The van der Waals surface area contributed by atoms with Crippen LogP contribution in [-0.2, 0) is 10.0 Å². The van der Waals surface area contributed by atoms with Crippen LogP contribution in [0.4, 0.5) is 0 Å². The fraction of sp³-hybridized carbons (Fsp3) is 0.588. The minimum Gasteiger partial charge on any atom is -0.495 e. The summed E-state index contributed by atoms with van der Waals surface area (Å²) in [6.07, 6.45) is 3.87. The molecule has 0 aliphatic carbocycles.